The molecule has 0 fully saturated rings. The van der Waals surface area contributed by atoms with Gasteiger partial charge in [0.2, 0.25) is 11.8 Å². The lowest BCUT2D eigenvalue weighted by Crippen LogP contribution is -2.52. The molecule has 0 unspecified atom stereocenters. The Morgan fingerprint density at radius 1 is 1.00 bits per heavy atom. The molecule has 1 aliphatic rings. The van der Waals surface area contributed by atoms with Crippen molar-refractivity contribution in [3.63, 3.8) is 0 Å². The van der Waals surface area contributed by atoms with Gasteiger partial charge in [-0.3, -0.25) is 19.3 Å². The smallest absolute Gasteiger partial charge is 0.259 e. The van der Waals surface area contributed by atoms with Crippen LogP contribution >= 0.6 is 0 Å². The zero-order chi connectivity index (χ0) is 24.4. The molecule has 0 saturated carbocycles. The van der Waals surface area contributed by atoms with Crippen molar-refractivity contribution in [2.24, 2.45) is 0 Å². The van der Waals surface area contributed by atoms with Crippen molar-refractivity contribution < 1.29 is 14.4 Å². The zero-order valence-electron chi connectivity index (χ0n) is 20.2. The third kappa shape index (κ3) is 4.40. The van der Waals surface area contributed by atoms with Gasteiger partial charge in [-0.05, 0) is 55.8 Å². The van der Waals surface area contributed by atoms with Crippen molar-refractivity contribution in [2.45, 2.75) is 52.7 Å². The second kappa shape index (κ2) is 9.67. The maximum absolute atomic E-state index is 13.7. The summed E-state index contributed by atoms with van der Waals surface area (Å²) in [6.45, 7) is 7.85. The van der Waals surface area contributed by atoms with Gasteiger partial charge in [-0.25, -0.2) is 0 Å². The SMILES string of the molecule is CC[C@H](C)NC(=O)[C@H](C)N(Cc1ccccc1C)C(=O)CN1C(=O)c2cccc3cccc1c23. The summed E-state index contributed by atoms with van der Waals surface area (Å²) >= 11 is 0. The first kappa shape index (κ1) is 23.5. The minimum atomic E-state index is -0.683. The molecule has 1 aliphatic heterocycles. The topological polar surface area (TPSA) is 69.7 Å². The Morgan fingerprint density at radius 3 is 2.41 bits per heavy atom. The molecule has 0 spiro atoms. The molecule has 0 radical (unpaired) electrons. The number of nitrogens with zero attached hydrogens (tertiary/aromatic N) is 2. The standard InChI is InChI=1S/C28H31N3O3/c1-5-19(3)29-27(33)20(4)30(16-22-11-7-6-10-18(22)2)25(32)17-31-24-15-9-13-21-12-8-14-23(26(21)24)28(31)34/h6-15,19-20H,5,16-17H2,1-4H3,(H,29,33)/t19-,20-/m0/s1. The number of hydrogen-bond donors (Lipinski definition) is 1. The predicted molar refractivity (Wildman–Crippen MR) is 135 cm³/mol. The number of aryl methyl sites for hydroxylation is 1. The first-order valence-corrected chi connectivity index (χ1v) is 11.8. The van der Waals surface area contributed by atoms with E-state index in [1.54, 1.807) is 17.9 Å². The number of carbonyl (C=O) groups is 3. The summed E-state index contributed by atoms with van der Waals surface area (Å²) in [4.78, 5) is 43.0. The summed E-state index contributed by atoms with van der Waals surface area (Å²) in [6.07, 6.45) is 0.800. The normalized spacial score (nSPS) is 14.2. The van der Waals surface area contributed by atoms with E-state index in [4.69, 9.17) is 0 Å². The molecule has 3 aromatic rings. The van der Waals surface area contributed by atoms with Crippen molar-refractivity contribution in [1.82, 2.24) is 10.2 Å². The Hall–Kier alpha value is -3.67. The van der Waals surface area contributed by atoms with Crippen LogP contribution in [0.4, 0.5) is 5.69 Å². The van der Waals surface area contributed by atoms with E-state index in [1.807, 2.05) is 75.4 Å². The molecule has 0 aliphatic carbocycles. The van der Waals surface area contributed by atoms with Crippen LogP contribution in [0.2, 0.25) is 0 Å². The molecule has 0 saturated heterocycles. The lowest BCUT2D eigenvalue weighted by Gasteiger charge is -2.31. The Kier molecular flexibility index (Phi) is 6.68. The van der Waals surface area contributed by atoms with Crippen LogP contribution in [0.5, 0.6) is 0 Å². The fourth-order valence-electron chi connectivity index (χ4n) is 4.38. The molecule has 6 heteroatoms. The summed E-state index contributed by atoms with van der Waals surface area (Å²) in [5.41, 5.74) is 3.36. The first-order chi connectivity index (χ1) is 16.3. The molecular weight excluding hydrogens is 426 g/mol. The van der Waals surface area contributed by atoms with Gasteiger partial charge in [0.25, 0.3) is 5.91 Å². The summed E-state index contributed by atoms with van der Waals surface area (Å²) in [5, 5.41) is 4.82. The van der Waals surface area contributed by atoms with Crippen molar-refractivity contribution in [3.8, 4) is 0 Å². The molecule has 4 rings (SSSR count). The van der Waals surface area contributed by atoms with Gasteiger partial charge in [-0.2, -0.15) is 0 Å². The average molecular weight is 458 g/mol. The van der Waals surface area contributed by atoms with Crippen LogP contribution < -0.4 is 10.2 Å². The zero-order valence-corrected chi connectivity index (χ0v) is 20.2. The highest BCUT2D eigenvalue weighted by molar-refractivity contribution is 6.26. The fourth-order valence-corrected chi connectivity index (χ4v) is 4.38. The molecule has 0 aromatic heterocycles. The van der Waals surface area contributed by atoms with Crippen molar-refractivity contribution in [2.75, 3.05) is 11.4 Å². The quantitative estimate of drug-likeness (QED) is 0.544. The van der Waals surface area contributed by atoms with Crippen molar-refractivity contribution >= 4 is 34.2 Å². The van der Waals surface area contributed by atoms with E-state index in [2.05, 4.69) is 5.32 Å². The Labute approximate surface area is 200 Å². The third-order valence-electron chi connectivity index (χ3n) is 6.71. The molecule has 2 atom stereocenters. The summed E-state index contributed by atoms with van der Waals surface area (Å²) in [6, 6.07) is 18.5. The van der Waals surface area contributed by atoms with Gasteiger partial charge in [0, 0.05) is 23.5 Å². The number of benzene rings is 3. The van der Waals surface area contributed by atoms with E-state index in [-0.39, 0.29) is 30.3 Å². The van der Waals surface area contributed by atoms with Crippen LogP contribution in [0.15, 0.2) is 60.7 Å². The monoisotopic (exact) mass is 457 g/mol. The number of carbonyl (C=O) groups excluding carboxylic acids is 3. The number of amides is 3. The maximum Gasteiger partial charge on any atom is 0.259 e. The fraction of sp³-hybridized carbons (Fsp3) is 0.321. The summed E-state index contributed by atoms with van der Waals surface area (Å²) in [7, 11) is 0. The van der Waals surface area contributed by atoms with Crippen molar-refractivity contribution in [3.05, 3.63) is 77.4 Å². The minimum Gasteiger partial charge on any atom is -0.352 e. The molecular formula is C28H31N3O3. The van der Waals surface area contributed by atoms with Crippen LogP contribution in [0.25, 0.3) is 10.8 Å². The van der Waals surface area contributed by atoms with E-state index in [9.17, 15) is 14.4 Å². The van der Waals surface area contributed by atoms with Gasteiger partial charge in [-0.1, -0.05) is 55.5 Å². The number of hydrogen-bond acceptors (Lipinski definition) is 3. The van der Waals surface area contributed by atoms with Crippen LogP contribution in [0.1, 0.15) is 48.7 Å². The lowest BCUT2D eigenvalue weighted by molar-refractivity contribution is -0.139. The minimum absolute atomic E-state index is 0.0117. The lowest BCUT2D eigenvalue weighted by atomic mass is 10.1. The van der Waals surface area contributed by atoms with Gasteiger partial charge in [0.1, 0.15) is 12.6 Å². The van der Waals surface area contributed by atoms with E-state index in [0.717, 1.165) is 34.0 Å². The van der Waals surface area contributed by atoms with Crippen LogP contribution in [-0.2, 0) is 16.1 Å². The van der Waals surface area contributed by atoms with Crippen LogP contribution in [-0.4, -0.2) is 41.2 Å². The molecule has 0 bridgehead atoms. The largest absolute Gasteiger partial charge is 0.352 e. The van der Waals surface area contributed by atoms with Gasteiger partial charge in [0.05, 0.1) is 5.69 Å². The number of anilines is 1. The highest BCUT2D eigenvalue weighted by Crippen LogP contribution is 2.37. The summed E-state index contributed by atoms with van der Waals surface area (Å²) < 4.78 is 0. The summed E-state index contributed by atoms with van der Waals surface area (Å²) in [5.74, 6) is -0.657. The van der Waals surface area contributed by atoms with E-state index < -0.39 is 6.04 Å². The predicted octanol–water partition coefficient (Wildman–Crippen LogP) is 4.44. The average Bonchev–Trinajstić information content (AvgIpc) is 3.11. The van der Waals surface area contributed by atoms with Gasteiger partial charge < -0.3 is 10.2 Å². The molecule has 176 valence electrons. The second-order valence-electron chi connectivity index (χ2n) is 9.01. The third-order valence-corrected chi connectivity index (χ3v) is 6.71. The van der Waals surface area contributed by atoms with Gasteiger partial charge in [-0.15, -0.1) is 0 Å². The van der Waals surface area contributed by atoms with Gasteiger partial charge in [0.15, 0.2) is 0 Å². The Morgan fingerprint density at radius 2 is 1.71 bits per heavy atom. The molecule has 1 heterocycles. The second-order valence-corrected chi connectivity index (χ2v) is 9.01. The van der Waals surface area contributed by atoms with Crippen LogP contribution in [0, 0.1) is 6.92 Å². The Balaban J connectivity index is 1.63. The highest BCUT2D eigenvalue weighted by Gasteiger charge is 2.34. The van der Waals surface area contributed by atoms with E-state index in [0.29, 0.717) is 12.1 Å². The van der Waals surface area contributed by atoms with E-state index >= 15 is 0 Å². The molecule has 1 N–H and O–H groups in total. The molecule has 34 heavy (non-hydrogen) atoms. The number of nitrogens with one attached hydrogen (secondary N) is 1. The molecule has 3 aromatic carbocycles. The highest BCUT2D eigenvalue weighted by atomic mass is 16.2. The van der Waals surface area contributed by atoms with Crippen LogP contribution in [0.3, 0.4) is 0 Å². The van der Waals surface area contributed by atoms with E-state index in [1.165, 1.54) is 4.90 Å². The van der Waals surface area contributed by atoms with Gasteiger partial charge >= 0.3 is 0 Å². The first-order valence-electron chi connectivity index (χ1n) is 11.8. The Bertz CT molecular complexity index is 1250. The van der Waals surface area contributed by atoms with Crippen molar-refractivity contribution in [1.29, 1.82) is 0 Å². The molecule has 3 amide bonds. The number of rotatable bonds is 8. The molecule has 6 nitrogen and oxygen atoms in total. The maximum atomic E-state index is 13.7.